The number of carboxylic acid groups (broad SMARTS) is 1. The molecule has 9 heteroatoms. The molecule has 6 nitrogen and oxygen atoms in total. The molecule has 0 spiro atoms. The van der Waals surface area contributed by atoms with Crippen molar-refractivity contribution in [2.75, 3.05) is 11.9 Å². The fraction of sp³-hybridized carbons (Fsp3) is 0.118. The summed E-state index contributed by atoms with van der Waals surface area (Å²) in [6.07, 6.45) is -3.30. The average Bonchev–Trinajstić information content (AvgIpc) is 2.60. The van der Waals surface area contributed by atoms with Gasteiger partial charge in [-0.3, -0.25) is 4.79 Å². The van der Waals surface area contributed by atoms with E-state index in [-0.39, 0.29) is 17.8 Å². The highest BCUT2D eigenvalue weighted by atomic mass is 19.4. The van der Waals surface area contributed by atoms with Crippen LogP contribution in [0.2, 0.25) is 0 Å². The van der Waals surface area contributed by atoms with Crippen LogP contribution in [0.1, 0.15) is 21.5 Å². The van der Waals surface area contributed by atoms with Gasteiger partial charge < -0.3 is 10.4 Å². The molecule has 2 aromatic carbocycles. The molecule has 3 N–H and O–H groups in total. The molecule has 0 saturated heterocycles. The molecular weight excluding hydrogens is 351 g/mol. The molecule has 1 amide bonds. The lowest BCUT2D eigenvalue weighted by atomic mass is 10.1. The summed E-state index contributed by atoms with van der Waals surface area (Å²) < 4.78 is 37.8. The van der Waals surface area contributed by atoms with E-state index in [0.29, 0.717) is 5.56 Å². The summed E-state index contributed by atoms with van der Waals surface area (Å²) in [4.78, 5) is 22.7. The Kier molecular flexibility index (Phi) is 5.94. The van der Waals surface area contributed by atoms with Crippen LogP contribution in [0.5, 0.6) is 0 Å². The van der Waals surface area contributed by atoms with Crippen molar-refractivity contribution in [3.05, 3.63) is 65.2 Å². The summed E-state index contributed by atoms with van der Waals surface area (Å²) >= 11 is 0. The second-order valence-corrected chi connectivity index (χ2v) is 5.12. The van der Waals surface area contributed by atoms with E-state index in [1.807, 2.05) is 0 Å². The molecule has 0 aromatic heterocycles. The number of carbonyl (C=O) groups is 2. The number of aromatic carboxylic acids is 1. The zero-order valence-corrected chi connectivity index (χ0v) is 13.2. The number of carboxylic acids is 1. The highest BCUT2D eigenvalue weighted by molar-refractivity contribution is 5.98. The number of halogens is 3. The van der Waals surface area contributed by atoms with Crippen LogP contribution in [0.4, 0.5) is 18.9 Å². The Balaban J connectivity index is 1.91. The summed E-state index contributed by atoms with van der Waals surface area (Å²) in [6, 6.07) is 10.5. The molecule has 0 heterocycles. The van der Waals surface area contributed by atoms with Crippen LogP contribution in [-0.4, -0.2) is 29.7 Å². The number of rotatable bonds is 6. The van der Waals surface area contributed by atoms with Gasteiger partial charge in [-0.1, -0.05) is 24.3 Å². The van der Waals surface area contributed by atoms with Crippen LogP contribution in [0, 0.1) is 0 Å². The summed E-state index contributed by atoms with van der Waals surface area (Å²) in [5.41, 5.74) is 1.79. The van der Waals surface area contributed by atoms with Crippen molar-refractivity contribution in [1.29, 1.82) is 0 Å². The van der Waals surface area contributed by atoms with Gasteiger partial charge in [-0.25, -0.2) is 10.2 Å². The van der Waals surface area contributed by atoms with Crippen molar-refractivity contribution in [3.8, 4) is 0 Å². The largest absolute Gasteiger partial charge is 0.478 e. The molecule has 0 fully saturated rings. The molecular formula is C17H14F3N3O3. The second kappa shape index (κ2) is 8.15. The van der Waals surface area contributed by atoms with E-state index < -0.39 is 23.6 Å². The maximum absolute atomic E-state index is 12.6. The Hall–Kier alpha value is -3.36. The maximum atomic E-state index is 12.6. The molecule has 0 atom stereocenters. The van der Waals surface area contributed by atoms with Gasteiger partial charge >= 0.3 is 12.1 Å². The SMILES string of the molecule is O=C(CNc1cccc(C(F)(F)F)c1)N/N=C/c1ccccc1C(=O)O. The quantitative estimate of drug-likeness (QED) is 0.542. The Bertz CT molecular complexity index is 835. The number of hydrazone groups is 1. The molecule has 136 valence electrons. The first-order valence-electron chi connectivity index (χ1n) is 7.33. The highest BCUT2D eigenvalue weighted by Gasteiger charge is 2.30. The van der Waals surface area contributed by atoms with E-state index >= 15 is 0 Å². The van der Waals surface area contributed by atoms with Crippen molar-refractivity contribution in [1.82, 2.24) is 5.43 Å². The van der Waals surface area contributed by atoms with Gasteiger partial charge in [0.2, 0.25) is 0 Å². The lowest BCUT2D eigenvalue weighted by molar-refractivity contribution is -0.137. The molecule has 2 rings (SSSR count). The topological polar surface area (TPSA) is 90.8 Å². The van der Waals surface area contributed by atoms with Gasteiger partial charge in [0.05, 0.1) is 23.9 Å². The minimum atomic E-state index is -4.47. The second-order valence-electron chi connectivity index (χ2n) is 5.12. The predicted octanol–water partition coefficient (Wildman–Crippen LogP) is 2.97. The molecule has 0 saturated carbocycles. The molecule has 0 aliphatic rings. The van der Waals surface area contributed by atoms with Crippen LogP contribution >= 0.6 is 0 Å². The number of carbonyl (C=O) groups excluding carboxylic acids is 1. The van der Waals surface area contributed by atoms with Crippen LogP contribution in [-0.2, 0) is 11.0 Å². The normalized spacial score (nSPS) is 11.3. The first-order chi connectivity index (χ1) is 12.3. The Morgan fingerprint density at radius 2 is 1.85 bits per heavy atom. The number of nitrogens with zero attached hydrogens (tertiary/aromatic N) is 1. The van der Waals surface area contributed by atoms with E-state index in [1.165, 1.54) is 30.5 Å². The standard InChI is InChI=1S/C17H14F3N3O3/c18-17(19,20)12-5-3-6-13(8-12)21-10-15(24)23-22-9-11-4-1-2-7-14(11)16(25)26/h1-9,21H,10H2,(H,23,24)(H,25,26)/b22-9+. The van der Waals surface area contributed by atoms with Crippen molar-refractivity contribution in [2.45, 2.75) is 6.18 Å². The minimum absolute atomic E-state index is 0.0209. The monoisotopic (exact) mass is 365 g/mol. The third kappa shape index (κ3) is 5.33. The van der Waals surface area contributed by atoms with Crippen LogP contribution < -0.4 is 10.7 Å². The third-order valence-corrected chi connectivity index (χ3v) is 3.23. The Morgan fingerprint density at radius 1 is 1.12 bits per heavy atom. The number of hydrogen-bond donors (Lipinski definition) is 3. The van der Waals surface area contributed by atoms with Crippen molar-refractivity contribution >= 4 is 23.8 Å². The van der Waals surface area contributed by atoms with Crippen LogP contribution in [0.25, 0.3) is 0 Å². The van der Waals surface area contributed by atoms with E-state index in [4.69, 9.17) is 5.11 Å². The zero-order valence-electron chi connectivity index (χ0n) is 13.2. The summed E-state index contributed by atoms with van der Waals surface area (Å²) in [7, 11) is 0. The van der Waals surface area contributed by atoms with Gasteiger partial charge in [0.25, 0.3) is 5.91 Å². The molecule has 26 heavy (non-hydrogen) atoms. The summed E-state index contributed by atoms with van der Waals surface area (Å²) in [6.45, 7) is -0.306. The lowest BCUT2D eigenvalue weighted by Gasteiger charge is -2.10. The van der Waals surface area contributed by atoms with Crippen LogP contribution in [0.15, 0.2) is 53.6 Å². The van der Waals surface area contributed by atoms with Crippen molar-refractivity contribution < 1.29 is 27.9 Å². The fourth-order valence-corrected chi connectivity index (χ4v) is 2.01. The van der Waals surface area contributed by atoms with E-state index in [0.717, 1.165) is 12.1 Å². The minimum Gasteiger partial charge on any atom is -0.478 e. The molecule has 0 unspecified atom stereocenters. The van der Waals surface area contributed by atoms with Crippen molar-refractivity contribution in [3.63, 3.8) is 0 Å². The van der Waals surface area contributed by atoms with Gasteiger partial charge in [-0.2, -0.15) is 18.3 Å². The van der Waals surface area contributed by atoms with E-state index in [2.05, 4.69) is 15.8 Å². The lowest BCUT2D eigenvalue weighted by Crippen LogP contribution is -2.26. The Morgan fingerprint density at radius 3 is 2.54 bits per heavy atom. The number of alkyl halides is 3. The average molecular weight is 365 g/mol. The van der Waals surface area contributed by atoms with Gasteiger partial charge in [-0.05, 0) is 24.3 Å². The summed E-state index contributed by atoms with van der Waals surface area (Å²) in [5.74, 6) is -1.74. The maximum Gasteiger partial charge on any atom is 0.416 e. The number of amides is 1. The number of nitrogens with one attached hydrogen (secondary N) is 2. The van der Waals surface area contributed by atoms with Gasteiger partial charge in [0.15, 0.2) is 0 Å². The predicted molar refractivity (Wildman–Crippen MR) is 89.1 cm³/mol. The molecule has 0 aliphatic heterocycles. The Labute approximate surface area is 146 Å². The molecule has 2 aromatic rings. The smallest absolute Gasteiger partial charge is 0.416 e. The van der Waals surface area contributed by atoms with Gasteiger partial charge in [0.1, 0.15) is 0 Å². The van der Waals surface area contributed by atoms with Crippen LogP contribution in [0.3, 0.4) is 0 Å². The van der Waals surface area contributed by atoms with Gasteiger partial charge in [-0.15, -0.1) is 0 Å². The first kappa shape index (κ1) is 19.0. The highest BCUT2D eigenvalue weighted by Crippen LogP contribution is 2.30. The molecule has 0 aliphatic carbocycles. The van der Waals surface area contributed by atoms with Crippen molar-refractivity contribution in [2.24, 2.45) is 5.10 Å². The molecule has 0 bridgehead atoms. The zero-order chi connectivity index (χ0) is 19.2. The van der Waals surface area contributed by atoms with Gasteiger partial charge in [0, 0.05) is 11.3 Å². The number of anilines is 1. The fourth-order valence-electron chi connectivity index (χ4n) is 2.01. The van der Waals surface area contributed by atoms with E-state index in [9.17, 15) is 22.8 Å². The first-order valence-corrected chi connectivity index (χ1v) is 7.33. The summed E-state index contributed by atoms with van der Waals surface area (Å²) in [5, 5.41) is 15.2. The van der Waals surface area contributed by atoms with E-state index in [1.54, 1.807) is 12.1 Å². The number of benzene rings is 2. The third-order valence-electron chi connectivity index (χ3n) is 3.23. The number of hydrogen-bond acceptors (Lipinski definition) is 4. The molecule has 0 radical (unpaired) electrons.